The maximum Gasteiger partial charge on any atom is 0.243 e. The summed E-state index contributed by atoms with van der Waals surface area (Å²) in [6.07, 6.45) is 2.28. The molecule has 1 heterocycles. The van der Waals surface area contributed by atoms with Crippen LogP contribution in [-0.4, -0.2) is 39.0 Å². The van der Waals surface area contributed by atoms with E-state index in [2.05, 4.69) is 9.62 Å². The highest BCUT2D eigenvalue weighted by Crippen LogP contribution is 2.21. The van der Waals surface area contributed by atoms with Gasteiger partial charge in [0, 0.05) is 18.3 Å². The molecular weight excluding hydrogens is 293 g/mol. The molecule has 1 aromatic carbocycles. The third-order valence-electron chi connectivity index (χ3n) is 3.94. The lowest BCUT2D eigenvalue weighted by molar-refractivity contribution is 0.260. The summed E-state index contributed by atoms with van der Waals surface area (Å²) in [6.45, 7) is 5.82. The molecular formula is C14H22FN3O2S. The van der Waals surface area contributed by atoms with Crippen molar-refractivity contribution in [3.05, 3.63) is 23.5 Å². The summed E-state index contributed by atoms with van der Waals surface area (Å²) in [5.41, 5.74) is 6.47. The Hall–Kier alpha value is -1.18. The molecule has 0 spiro atoms. The summed E-state index contributed by atoms with van der Waals surface area (Å²) < 4.78 is 40.8. The molecule has 1 aliphatic heterocycles. The van der Waals surface area contributed by atoms with E-state index in [9.17, 15) is 12.8 Å². The van der Waals surface area contributed by atoms with Crippen LogP contribution >= 0.6 is 0 Å². The van der Waals surface area contributed by atoms with Gasteiger partial charge in [-0.25, -0.2) is 17.5 Å². The highest BCUT2D eigenvalue weighted by Gasteiger charge is 2.23. The number of rotatable bonds is 5. The molecule has 5 nitrogen and oxygen atoms in total. The van der Waals surface area contributed by atoms with Crippen LogP contribution in [0.4, 0.5) is 10.1 Å². The zero-order valence-corrected chi connectivity index (χ0v) is 13.2. The first-order chi connectivity index (χ1) is 9.81. The Kier molecular flexibility index (Phi) is 4.85. The standard InChI is InChI=1S/C14H22FN3O2S/c1-10-7-12(15)14(8-13(10)16)21(19,20)17-9-11(2)18-5-3-4-6-18/h7-8,11,17H,3-6,9,16H2,1-2H3. The van der Waals surface area contributed by atoms with Gasteiger partial charge in [0.05, 0.1) is 0 Å². The van der Waals surface area contributed by atoms with Gasteiger partial charge in [-0.05, 0) is 57.5 Å². The molecule has 1 aromatic rings. The van der Waals surface area contributed by atoms with Crippen LogP contribution in [0.1, 0.15) is 25.3 Å². The zero-order valence-electron chi connectivity index (χ0n) is 12.4. The Morgan fingerprint density at radius 3 is 2.62 bits per heavy atom. The van der Waals surface area contributed by atoms with Gasteiger partial charge in [0.2, 0.25) is 10.0 Å². The Morgan fingerprint density at radius 1 is 1.38 bits per heavy atom. The molecule has 2 rings (SSSR count). The van der Waals surface area contributed by atoms with Crippen LogP contribution in [-0.2, 0) is 10.0 Å². The minimum Gasteiger partial charge on any atom is -0.398 e. The Bertz CT molecular complexity index is 613. The van der Waals surface area contributed by atoms with E-state index in [0.717, 1.165) is 32.0 Å². The number of nitrogens with two attached hydrogens (primary N) is 1. The Morgan fingerprint density at radius 2 is 2.00 bits per heavy atom. The summed E-state index contributed by atoms with van der Waals surface area (Å²) in [5.74, 6) is -0.775. The normalized spacial score (nSPS) is 18.0. The largest absolute Gasteiger partial charge is 0.398 e. The molecule has 0 radical (unpaired) electrons. The van der Waals surface area contributed by atoms with Crippen molar-refractivity contribution < 1.29 is 12.8 Å². The van der Waals surface area contributed by atoms with E-state index in [0.29, 0.717) is 5.56 Å². The number of likely N-dealkylation sites (tertiary alicyclic amines) is 1. The number of nitrogens with one attached hydrogen (secondary N) is 1. The maximum absolute atomic E-state index is 13.9. The molecule has 0 aromatic heterocycles. The number of sulfonamides is 1. The van der Waals surface area contributed by atoms with Crippen molar-refractivity contribution in [1.82, 2.24) is 9.62 Å². The van der Waals surface area contributed by atoms with Gasteiger partial charge >= 0.3 is 0 Å². The number of anilines is 1. The zero-order chi connectivity index (χ0) is 15.6. The fourth-order valence-corrected chi connectivity index (χ4v) is 3.71. The van der Waals surface area contributed by atoms with Crippen LogP contribution in [0.5, 0.6) is 0 Å². The summed E-state index contributed by atoms with van der Waals surface area (Å²) in [7, 11) is -3.89. The Balaban J connectivity index is 2.09. The van der Waals surface area contributed by atoms with E-state index in [-0.39, 0.29) is 23.2 Å². The predicted molar refractivity (Wildman–Crippen MR) is 81.0 cm³/mol. The number of hydrogen-bond donors (Lipinski definition) is 2. The SMILES string of the molecule is Cc1cc(F)c(S(=O)(=O)NCC(C)N2CCCC2)cc1N. The average Bonchev–Trinajstić information content (AvgIpc) is 2.94. The van der Waals surface area contributed by atoms with Crippen molar-refractivity contribution in [3.8, 4) is 0 Å². The van der Waals surface area contributed by atoms with Gasteiger partial charge in [0.25, 0.3) is 0 Å². The first-order valence-corrected chi connectivity index (χ1v) is 8.59. The highest BCUT2D eigenvalue weighted by molar-refractivity contribution is 7.89. The van der Waals surface area contributed by atoms with E-state index >= 15 is 0 Å². The molecule has 0 amide bonds. The van der Waals surface area contributed by atoms with Crippen LogP contribution < -0.4 is 10.5 Å². The van der Waals surface area contributed by atoms with E-state index in [1.807, 2.05) is 6.92 Å². The predicted octanol–water partition coefficient (Wildman–Crippen LogP) is 1.48. The number of nitrogens with zero attached hydrogens (tertiary/aromatic N) is 1. The van der Waals surface area contributed by atoms with Crippen LogP contribution in [0.25, 0.3) is 0 Å². The van der Waals surface area contributed by atoms with Crippen molar-refractivity contribution in [2.45, 2.75) is 37.6 Å². The summed E-state index contributed by atoms with van der Waals surface area (Å²) in [4.78, 5) is 1.83. The first kappa shape index (κ1) is 16.2. The highest BCUT2D eigenvalue weighted by atomic mass is 32.2. The van der Waals surface area contributed by atoms with E-state index in [1.54, 1.807) is 6.92 Å². The van der Waals surface area contributed by atoms with Crippen molar-refractivity contribution >= 4 is 15.7 Å². The average molecular weight is 315 g/mol. The Labute approximate surface area is 125 Å². The monoisotopic (exact) mass is 315 g/mol. The molecule has 118 valence electrons. The van der Waals surface area contributed by atoms with Crippen LogP contribution in [0, 0.1) is 12.7 Å². The fraction of sp³-hybridized carbons (Fsp3) is 0.571. The molecule has 21 heavy (non-hydrogen) atoms. The van der Waals surface area contributed by atoms with Crippen molar-refractivity contribution in [2.24, 2.45) is 0 Å². The van der Waals surface area contributed by atoms with Gasteiger partial charge in [-0.3, -0.25) is 4.90 Å². The minimum atomic E-state index is -3.89. The molecule has 0 saturated carbocycles. The van der Waals surface area contributed by atoms with Crippen LogP contribution in [0.15, 0.2) is 17.0 Å². The molecule has 0 bridgehead atoms. The van der Waals surface area contributed by atoms with Gasteiger partial charge in [-0.1, -0.05) is 0 Å². The summed E-state index contributed by atoms with van der Waals surface area (Å²) in [5, 5.41) is 0. The number of hydrogen-bond acceptors (Lipinski definition) is 4. The quantitative estimate of drug-likeness (QED) is 0.807. The van der Waals surface area contributed by atoms with Gasteiger partial charge in [-0.2, -0.15) is 0 Å². The number of benzene rings is 1. The van der Waals surface area contributed by atoms with Crippen molar-refractivity contribution in [3.63, 3.8) is 0 Å². The lowest BCUT2D eigenvalue weighted by Gasteiger charge is -2.23. The topological polar surface area (TPSA) is 75.4 Å². The molecule has 7 heteroatoms. The van der Waals surface area contributed by atoms with Crippen LogP contribution in [0.3, 0.4) is 0 Å². The van der Waals surface area contributed by atoms with Gasteiger partial charge in [-0.15, -0.1) is 0 Å². The van der Waals surface area contributed by atoms with E-state index in [4.69, 9.17) is 5.73 Å². The molecule has 3 N–H and O–H groups in total. The fourth-order valence-electron chi connectivity index (χ4n) is 2.49. The lowest BCUT2D eigenvalue weighted by Crippen LogP contribution is -2.40. The second-order valence-corrected chi connectivity index (χ2v) is 7.32. The van der Waals surface area contributed by atoms with Crippen LogP contribution in [0.2, 0.25) is 0 Å². The smallest absolute Gasteiger partial charge is 0.243 e. The van der Waals surface area contributed by atoms with Gasteiger partial charge < -0.3 is 5.73 Å². The maximum atomic E-state index is 13.9. The van der Waals surface area contributed by atoms with Gasteiger partial charge in [0.15, 0.2) is 0 Å². The van der Waals surface area contributed by atoms with Crippen molar-refractivity contribution in [2.75, 3.05) is 25.4 Å². The summed E-state index contributed by atoms with van der Waals surface area (Å²) in [6, 6.07) is 2.41. The van der Waals surface area contributed by atoms with E-state index < -0.39 is 15.8 Å². The lowest BCUT2D eigenvalue weighted by atomic mass is 10.2. The third-order valence-corrected chi connectivity index (χ3v) is 5.38. The molecule has 1 unspecified atom stereocenters. The number of aryl methyl sites for hydroxylation is 1. The molecule has 1 saturated heterocycles. The minimum absolute atomic E-state index is 0.0909. The first-order valence-electron chi connectivity index (χ1n) is 7.10. The van der Waals surface area contributed by atoms with Crippen molar-refractivity contribution in [1.29, 1.82) is 0 Å². The second-order valence-electron chi connectivity index (χ2n) is 5.58. The number of nitrogen functional groups attached to an aromatic ring is 1. The second kappa shape index (κ2) is 6.29. The molecule has 1 atom stereocenters. The summed E-state index contributed by atoms with van der Waals surface area (Å²) >= 11 is 0. The molecule has 1 aliphatic rings. The number of halogens is 1. The molecule has 0 aliphatic carbocycles. The van der Waals surface area contributed by atoms with Gasteiger partial charge in [0.1, 0.15) is 10.7 Å². The molecule has 1 fully saturated rings. The third kappa shape index (κ3) is 3.72. The van der Waals surface area contributed by atoms with E-state index in [1.165, 1.54) is 6.07 Å².